The molecule has 110 valence electrons. The molecule has 0 aromatic heterocycles. The summed E-state index contributed by atoms with van der Waals surface area (Å²) in [5, 5.41) is 3.24. The van der Waals surface area contributed by atoms with Crippen LogP contribution in [0.5, 0.6) is 0 Å². The fourth-order valence-electron chi connectivity index (χ4n) is 1.91. The third-order valence-electron chi connectivity index (χ3n) is 3.11. The second-order valence-corrected chi connectivity index (χ2v) is 6.07. The van der Waals surface area contributed by atoms with Gasteiger partial charge < -0.3 is 11.1 Å². The molecule has 21 heavy (non-hydrogen) atoms. The van der Waals surface area contributed by atoms with E-state index in [0.29, 0.717) is 17.1 Å². The molecule has 0 fully saturated rings. The van der Waals surface area contributed by atoms with E-state index in [1.165, 1.54) is 5.56 Å². The Kier molecular flexibility index (Phi) is 5.79. The van der Waals surface area contributed by atoms with Gasteiger partial charge in [0.2, 0.25) is 5.91 Å². The highest BCUT2D eigenvalue weighted by Gasteiger charge is 2.14. The minimum absolute atomic E-state index is 0.227. The van der Waals surface area contributed by atoms with Crippen molar-refractivity contribution in [3.63, 3.8) is 0 Å². The van der Waals surface area contributed by atoms with Crippen LogP contribution in [-0.2, 0) is 11.2 Å². The van der Waals surface area contributed by atoms with Gasteiger partial charge in [-0.05, 0) is 36.6 Å². The van der Waals surface area contributed by atoms with Gasteiger partial charge in [-0.2, -0.15) is 0 Å². The highest BCUT2D eigenvalue weighted by Crippen LogP contribution is 2.25. The van der Waals surface area contributed by atoms with Gasteiger partial charge in [0.1, 0.15) is 0 Å². The number of hydrogen-bond donors (Lipinski definition) is 2. The van der Waals surface area contributed by atoms with Gasteiger partial charge in [-0.25, -0.2) is 0 Å². The molecule has 3 N–H and O–H groups in total. The lowest BCUT2D eigenvalue weighted by atomic mass is 10.1. The second kappa shape index (κ2) is 7.59. The number of carbonyl (C=O) groups is 1. The molecular weight excluding hydrogens is 352 g/mol. The average Bonchev–Trinajstić information content (AvgIpc) is 2.48. The molecule has 0 spiro atoms. The van der Waals surface area contributed by atoms with Crippen molar-refractivity contribution in [2.24, 2.45) is 5.73 Å². The second-order valence-electron chi connectivity index (χ2n) is 4.74. The molecule has 0 radical (unpaired) electrons. The third kappa shape index (κ3) is 4.84. The van der Waals surface area contributed by atoms with Crippen LogP contribution in [0.25, 0.3) is 0 Å². The minimum Gasteiger partial charge on any atom is -0.323 e. The zero-order valence-corrected chi connectivity index (χ0v) is 13.7. The predicted molar refractivity (Wildman–Crippen MR) is 90.5 cm³/mol. The maximum atomic E-state index is 12.1. The maximum Gasteiger partial charge on any atom is 0.241 e. The Labute approximate surface area is 137 Å². The van der Waals surface area contributed by atoms with E-state index in [1.54, 1.807) is 12.1 Å². The lowest BCUT2D eigenvalue weighted by Gasteiger charge is -2.13. The van der Waals surface area contributed by atoms with E-state index in [4.69, 9.17) is 17.3 Å². The van der Waals surface area contributed by atoms with E-state index < -0.39 is 6.04 Å². The number of hydrogen-bond acceptors (Lipinski definition) is 2. The molecule has 1 unspecified atom stereocenters. The number of nitrogens with two attached hydrogens (primary N) is 1. The Morgan fingerprint density at radius 1 is 1.24 bits per heavy atom. The standard InChI is InChI=1S/C16H16BrClN2O/c17-12-7-9-15(13(18)10-12)20-16(21)14(19)8-6-11-4-2-1-3-5-11/h1-5,7,9-10,14H,6,8,19H2,(H,20,21). The first-order chi connectivity index (χ1) is 10.1. The minimum atomic E-state index is -0.565. The Hall–Kier alpha value is -1.36. The Balaban J connectivity index is 1.90. The van der Waals surface area contributed by atoms with E-state index in [-0.39, 0.29) is 5.91 Å². The molecule has 0 aliphatic rings. The first-order valence-corrected chi connectivity index (χ1v) is 7.79. The summed E-state index contributed by atoms with van der Waals surface area (Å²) in [5.41, 5.74) is 7.67. The number of amides is 1. The molecule has 1 amide bonds. The SMILES string of the molecule is NC(CCc1ccccc1)C(=O)Nc1ccc(Br)cc1Cl. The zero-order valence-electron chi connectivity index (χ0n) is 11.4. The van der Waals surface area contributed by atoms with Gasteiger partial charge in [-0.15, -0.1) is 0 Å². The van der Waals surface area contributed by atoms with Crippen LogP contribution in [0.1, 0.15) is 12.0 Å². The molecule has 0 saturated heterocycles. The van der Waals surface area contributed by atoms with Gasteiger partial charge in [0.05, 0.1) is 16.8 Å². The molecule has 0 bridgehead atoms. The maximum absolute atomic E-state index is 12.1. The molecule has 0 aliphatic carbocycles. The number of halogens is 2. The molecule has 1 atom stereocenters. The Morgan fingerprint density at radius 3 is 2.62 bits per heavy atom. The van der Waals surface area contributed by atoms with Crippen molar-refractivity contribution in [3.05, 3.63) is 63.6 Å². The summed E-state index contributed by atoms with van der Waals surface area (Å²) in [7, 11) is 0. The van der Waals surface area contributed by atoms with Crippen molar-refractivity contribution >= 4 is 39.1 Å². The quantitative estimate of drug-likeness (QED) is 0.839. The molecule has 0 aliphatic heterocycles. The Morgan fingerprint density at radius 2 is 1.95 bits per heavy atom. The van der Waals surface area contributed by atoms with E-state index >= 15 is 0 Å². The fourth-order valence-corrected chi connectivity index (χ4v) is 2.63. The highest BCUT2D eigenvalue weighted by atomic mass is 79.9. The lowest BCUT2D eigenvalue weighted by molar-refractivity contribution is -0.117. The number of rotatable bonds is 5. The van der Waals surface area contributed by atoms with E-state index in [2.05, 4.69) is 21.2 Å². The van der Waals surface area contributed by atoms with Crippen LogP contribution in [0.15, 0.2) is 53.0 Å². The van der Waals surface area contributed by atoms with Gasteiger partial charge in [0.15, 0.2) is 0 Å². The summed E-state index contributed by atoms with van der Waals surface area (Å²) in [6.45, 7) is 0. The summed E-state index contributed by atoms with van der Waals surface area (Å²) < 4.78 is 0.860. The van der Waals surface area contributed by atoms with Crippen LogP contribution in [0.4, 0.5) is 5.69 Å². The molecule has 0 heterocycles. The number of aryl methyl sites for hydroxylation is 1. The highest BCUT2D eigenvalue weighted by molar-refractivity contribution is 9.10. The van der Waals surface area contributed by atoms with Crippen LogP contribution < -0.4 is 11.1 Å². The first-order valence-electron chi connectivity index (χ1n) is 6.61. The van der Waals surface area contributed by atoms with Crippen LogP contribution in [0.2, 0.25) is 5.02 Å². The average molecular weight is 368 g/mol. The summed E-state index contributed by atoms with van der Waals surface area (Å²) in [6, 6.07) is 14.7. The van der Waals surface area contributed by atoms with Crippen LogP contribution in [0, 0.1) is 0 Å². The van der Waals surface area contributed by atoms with Crippen LogP contribution in [0.3, 0.4) is 0 Å². The van der Waals surface area contributed by atoms with Crippen molar-refractivity contribution in [2.75, 3.05) is 5.32 Å². The van der Waals surface area contributed by atoms with Crippen LogP contribution >= 0.6 is 27.5 Å². The van der Waals surface area contributed by atoms with E-state index in [1.807, 2.05) is 36.4 Å². The van der Waals surface area contributed by atoms with E-state index in [0.717, 1.165) is 10.9 Å². The molecule has 2 rings (SSSR count). The molecule has 2 aromatic carbocycles. The predicted octanol–water partition coefficient (Wildman–Crippen LogP) is 4.00. The molecule has 2 aromatic rings. The summed E-state index contributed by atoms with van der Waals surface area (Å²) in [4.78, 5) is 12.1. The fraction of sp³-hybridized carbons (Fsp3) is 0.188. The largest absolute Gasteiger partial charge is 0.323 e. The number of anilines is 1. The molecular formula is C16H16BrClN2O. The normalized spacial score (nSPS) is 12.0. The lowest BCUT2D eigenvalue weighted by Crippen LogP contribution is -2.36. The molecule has 5 heteroatoms. The Bertz CT molecular complexity index is 619. The summed E-state index contributed by atoms with van der Waals surface area (Å²) >= 11 is 9.39. The number of carbonyl (C=O) groups excluding carboxylic acids is 1. The topological polar surface area (TPSA) is 55.1 Å². The smallest absolute Gasteiger partial charge is 0.241 e. The number of benzene rings is 2. The van der Waals surface area contributed by atoms with Crippen LogP contribution in [-0.4, -0.2) is 11.9 Å². The van der Waals surface area contributed by atoms with Crippen molar-refractivity contribution in [2.45, 2.75) is 18.9 Å². The van der Waals surface area contributed by atoms with Crippen molar-refractivity contribution in [1.82, 2.24) is 0 Å². The monoisotopic (exact) mass is 366 g/mol. The molecule has 3 nitrogen and oxygen atoms in total. The first kappa shape index (κ1) is 16.0. The zero-order chi connectivity index (χ0) is 15.2. The van der Waals surface area contributed by atoms with Gasteiger partial charge >= 0.3 is 0 Å². The van der Waals surface area contributed by atoms with Crippen molar-refractivity contribution in [1.29, 1.82) is 0 Å². The van der Waals surface area contributed by atoms with E-state index in [9.17, 15) is 4.79 Å². The third-order valence-corrected chi connectivity index (χ3v) is 3.92. The summed E-state index contributed by atoms with van der Waals surface area (Å²) in [6.07, 6.45) is 1.35. The van der Waals surface area contributed by atoms with Gasteiger partial charge in [-0.1, -0.05) is 57.9 Å². The summed E-state index contributed by atoms with van der Waals surface area (Å²) in [5.74, 6) is -0.227. The van der Waals surface area contributed by atoms with Crippen molar-refractivity contribution < 1.29 is 4.79 Å². The number of nitrogens with one attached hydrogen (secondary N) is 1. The van der Waals surface area contributed by atoms with Gasteiger partial charge in [0.25, 0.3) is 0 Å². The molecule has 0 saturated carbocycles. The van der Waals surface area contributed by atoms with Gasteiger partial charge in [0, 0.05) is 4.47 Å². The van der Waals surface area contributed by atoms with Gasteiger partial charge in [-0.3, -0.25) is 4.79 Å². The van der Waals surface area contributed by atoms with Crippen molar-refractivity contribution in [3.8, 4) is 0 Å².